The molecule has 6 N–H and O–H groups in total. The molecule has 2 unspecified atom stereocenters. The monoisotopic (exact) mass is 232 g/mol. The van der Waals surface area contributed by atoms with Gasteiger partial charge in [-0.15, -0.1) is 5.10 Å². The zero-order valence-electron chi connectivity index (χ0n) is 9.12. The second kappa shape index (κ2) is 4.96. The maximum absolute atomic E-state index is 11.7. The van der Waals surface area contributed by atoms with Crippen LogP contribution < -0.4 is 17.1 Å². The molecule has 9 nitrogen and oxygen atoms in total. The Morgan fingerprint density at radius 3 is 2.81 bits per heavy atom. The molecule has 0 aromatic carbocycles. The summed E-state index contributed by atoms with van der Waals surface area (Å²) in [6.45, 7) is 2.12. The molecule has 0 spiro atoms. The molecule has 92 valence electrons. The summed E-state index contributed by atoms with van der Waals surface area (Å²) in [7, 11) is 1.50. The van der Waals surface area contributed by atoms with Gasteiger partial charge in [-0.05, 0) is 6.92 Å². The van der Waals surface area contributed by atoms with Crippen molar-refractivity contribution < 1.29 is 14.6 Å². The molecular formula is C7H16N6O3. The van der Waals surface area contributed by atoms with Gasteiger partial charge in [-0.1, -0.05) is 0 Å². The summed E-state index contributed by atoms with van der Waals surface area (Å²) in [6.07, 6.45) is -1.99. The molecule has 0 aromatic rings. The van der Waals surface area contributed by atoms with Gasteiger partial charge in [-0.2, -0.15) is 0 Å². The van der Waals surface area contributed by atoms with Gasteiger partial charge >= 0.3 is 6.03 Å². The van der Waals surface area contributed by atoms with Crippen LogP contribution in [0.5, 0.6) is 0 Å². The lowest BCUT2D eigenvalue weighted by Gasteiger charge is -2.21. The average Bonchev–Trinajstić information content (AvgIpc) is 2.48. The van der Waals surface area contributed by atoms with Gasteiger partial charge in [0.15, 0.2) is 12.5 Å². The first-order valence-electron chi connectivity index (χ1n) is 4.68. The molecule has 16 heavy (non-hydrogen) atoms. The first-order chi connectivity index (χ1) is 7.58. The maximum Gasteiger partial charge on any atom is 0.331 e. The lowest BCUT2D eigenvalue weighted by molar-refractivity contribution is -0.0890. The number of aliphatic hydroxyl groups is 1. The largest absolute Gasteiger partial charge is 0.369 e. The topological polar surface area (TPSA) is 129 Å². The lowest BCUT2D eigenvalue weighted by Crippen LogP contribution is -2.50. The normalized spacial score (nSPS) is 26.5. The zero-order valence-corrected chi connectivity index (χ0v) is 9.12. The van der Waals surface area contributed by atoms with Crippen molar-refractivity contribution in [2.24, 2.45) is 16.8 Å². The van der Waals surface area contributed by atoms with Crippen molar-refractivity contribution >= 4 is 12.0 Å². The van der Waals surface area contributed by atoms with E-state index in [-0.39, 0.29) is 5.96 Å². The van der Waals surface area contributed by atoms with Gasteiger partial charge < -0.3 is 15.7 Å². The molecule has 1 aliphatic heterocycles. The Balaban J connectivity index is 2.92. The Morgan fingerprint density at radius 1 is 1.75 bits per heavy atom. The van der Waals surface area contributed by atoms with E-state index in [0.29, 0.717) is 6.61 Å². The van der Waals surface area contributed by atoms with E-state index in [9.17, 15) is 9.90 Å². The van der Waals surface area contributed by atoms with Crippen molar-refractivity contribution in [2.45, 2.75) is 19.4 Å². The number of rotatable bonds is 2. The fourth-order valence-electron chi connectivity index (χ4n) is 1.47. The molecule has 0 aromatic heterocycles. The Bertz CT molecular complexity index is 296. The Labute approximate surface area is 92.6 Å². The van der Waals surface area contributed by atoms with Crippen LogP contribution in [0.25, 0.3) is 0 Å². The summed E-state index contributed by atoms with van der Waals surface area (Å²) in [5, 5.41) is 13.1. The molecule has 1 rings (SSSR count). The molecule has 1 heterocycles. The molecule has 1 aliphatic rings. The fraction of sp³-hybridized carbons (Fsp3) is 0.714. The SMILES string of the molecule is CCOC1C(O)N(/C(=N/N)NN)C(=O)N1C. The van der Waals surface area contributed by atoms with Gasteiger partial charge in [-0.3, -0.25) is 10.3 Å². The number of hydrazine groups is 1. The second-order valence-electron chi connectivity index (χ2n) is 3.12. The van der Waals surface area contributed by atoms with E-state index in [1.165, 1.54) is 11.9 Å². The van der Waals surface area contributed by atoms with Crippen LogP contribution >= 0.6 is 0 Å². The molecule has 0 saturated carbocycles. The summed E-state index contributed by atoms with van der Waals surface area (Å²) in [5.41, 5.74) is 2.13. The van der Waals surface area contributed by atoms with Crippen LogP contribution in [-0.4, -0.2) is 53.0 Å². The van der Waals surface area contributed by atoms with Gasteiger partial charge in [0.1, 0.15) is 0 Å². The number of carbonyl (C=O) groups excluding carboxylic acids is 1. The summed E-state index contributed by atoms with van der Waals surface area (Å²) in [6, 6.07) is -0.506. The average molecular weight is 232 g/mol. The molecule has 2 atom stereocenters. The molecule has 1 saturated heterocycles. The van der Waals surface area contributed by atoms with Gasteiger partial charge in [0.2, 0.25) is 5.96 Å². The smallest absolute Gasteiger partial charge is 0.331 e. The van der Waals surface area contributed by atoms with Crippen LogP contribution in [0.1, 0.15) is 6.92 Å². The number of nitrogens with zero attached hydrogens (tertiary/aromatic N) is 3. The zero-order chi connectivity index (χ0) is 12.3. The number of likely N-dealkylation sites (N-methyl/N-ethyl adjacent to an activating group) is 1. The van der Waals surface area contributed by atoms with E-state index in [1.807, 2.05) is 0 Å². The van der Waals surface area contributed by atoms with Crippen molar-refractivity contribution in [1.82, 2.24) is 15.2 Å². The number of guanidine groups is 1. The highest BCUT2D eigenvalue weighted by Gasteiger charge is 2.46. The van der Waals surface area contributed by atoms with Crippen LogP contribution in [0.4, 0.5) is 4.79 Å². The fourth-order valence-corrected chi connectivity index (χ4v) is 1.47. The van der Waals surface area contributed by atoms with Gasteiger partial charge in [0.05, 0.1) is 0 Å². The van der Waals surface area contributed by atoms with Crippen molar-refractivity contribution in [3.8, 4) is 0 Å². The van der Waals surface area contributed by atoms with Crippen LogP contribution in [0.2, 0.25) is 0 Å². The van der Waals surface area contributed by atoms with Crippen LogP contribution in [0.15, 0.2) is 5.10 Å². The van der Waals surface area contributed by atoms with E-state index in [1.54, 1.807) is 6.92 Å². The number of aliphatic hydroxyl groups excluding tert-OH is 1. The van der Waals surface area contributed by atoms with E-state index in [0.717, 1.165) is 4.90 Å². The lowest BCUT2D eigenvalue weighted by atomic mass is 10.4. The molecule has 0 bridgehead atoms. The number of nitrogens with two attached hydrogens (primary N) is 2. The minimum absolute atomic E-state index is 0.133. The van der Waals surface area contributed by atoms with E-state index < -0.39 is 18.5 Å². The third kappa shape index (κ3) is 1.87. The van der Waals surface area contributed by atoms with E-state index in [4.69, 9.17) is 16.4 Å². The summed E-state index contributed by atoms with van der Waals surface area (Å²) in [4.78, 5) is 13.9. The Kier molecular flexibility index (Phi) is 3.88. The van der Waals surface area contributed by atoms with Crippen LogP contribution in [0, 0.1) is 0 Å². The first-order valence-corrected chi connectivity index (χ1v) is 4.68. The predicted octanol–water partition coefficient (Wildman–Crippen LogP) is -2.27. The minimum atomic E-state index is -1.21. The molecule has 9 heteroatoms. The highest BCUT2D eigenvalue weighted by molar-refractivity contribution is 5.97. The Morgan fingerprint density at radius 2 is 2.38 bits per heavy atom. The molecule has 0 aliphatic carbocycles. The number of hydrazone groups is 1. The van der Waals surface area contributed by atoms with Crippen molar-refractivity contribution in [3.05, 3.63) is 0 Å². The van der Waals surface area contributed by atoms with Gasteiger partial charge in [0.25, 0.3) is 0 Å². The van der Waals surface area contributed by atoms with Crippen molar-refractivity contribution in [3.63, 3.8) is 0 Å². The number of hydrogen-bond acceptors (Lipinski definition) is 6. The molecule has 1 fully saturated rings. The Hall–Kier alpha value is -1.58. The van der Waals surface area contributed by atoms with E-state index in [2.05, 4.69) is 10.5 Å². The summed E-state index contributed by atoms with van der Waals surface area (Å²) >= 11 is 0. The third-order valence-electron chi connectivity index (χ3n) is 2.23. The second-order valence-corrected chi connectivity index (χ2v) is 3.12. The number of ether oxygens (including phenoxy) is 1. The summed E-state index contributed by atoms with van der Waals surface area (Å²) < 4.78 is 5.22. The van der Waals surface area contributed by atoms with Crippen LogP contribution in [0.3, 0.4) is 0 Å². The van der Waals surface area contributed by atoms with Crippen molar-refractivity contribution in [1.29, 1.82) is 0 Å². The highest BCUT2D eigenvalue weighted by atomic mass is 16.5. The first kappa shape index (κ1) is 12.5. The maximum atomic E-state index is 11.7. The number of hydrogen-bond donors (Lipinski definition) is 4. The predicted molar refractivity (Wildman–Crippen MR) is 55.4 cm³/mol. The van der Waals surface area contributed by atoms with Gasteiger partial charge in [0, 0.05) is 13.7 Å². The highest BCUT2D eigenvalue weighted by Crippen LogP contribution is 2.20. The van der Waals surface area contributed by atoms with E-state index >= 15 is 0 Å². The molecule has 2 amide bonds. The molecular weight excluding hydrogens is 216 g/mol. The quantitative estimate of drug-likeness (QED) is 0.184. The minimum Gasteiger partial charge on any atom is -0.369 e. The third-order valence-corrected chi connectivity index (χ3v) is 2.23. The standard InChI is InChI=1S/C7H16N6O3/c1-3-16-5-4(14)13(6(10-8)11-9)7(15)12(5)2/h4-5,14H,3,8-9H2,1-2H3,(H,10,11). The number of amides is 2. The number of nitrogens with one attached hydrogen (secondary N) is 1. The number of urea groups is 1. The van der Waals surface area contributed by atoms with Crippen molar-refractivity contribution in [2.75, 3.05) is 13.7 Å². The number of carbonyl (C=O) groups is 1. The van der Waals surface area contributed by atoms with Gasteiger partial charge in [-0.25, -0.2) is 15.5 Å². The molecule has 0 radical (unpaired) electrons. The summed E-state index contributed by atoms with van der Waals surface area (Å²) in [5.74, 6) is 10.0. The van der Waals surface area contributed by atoms with Crippen LogP contribution in [-0.2, 0) is 4.74 Å².